The predicted molar refractivity (Wildman–Crippen MR) is 65.9 cm³/mol. The SMILES string of the molecule is O=C(Cc1ccsc1)Nc1cc(Cl)ccn1. The molecule has 1 amide bonds. The molecule has 5 heteroatoms. The number of hydrogen-bond donors (Lipinski definition) is 1. The first-order valence-corrected chi connectivity index (χ1v) is 5.98. The van der Waals surface area contributed by atoms with Crippen LogP contribution in [0.25, 0.3) is 0 Å². The molecular formula is C11H9ClN2OS. The van der Waals surface area contributed by atoms with Crippen molar-refractivity contribution in [1.82, 2.24) is 4.98 Å². The van der Waals surface area contributed by atoms with Crippen LogP contribution < -0.4 is 5.32 Å². The van der Waals surface area contributed by atoms with E-state index in [2.05, 4.69) is 10.3 Å². The molecule has 0 saturated heterocycles. The number of carbonyl (C=O) groups is 1. The number of nitrogens with zero attached hydrogens (tertiary/aromatic N) is 1. The van der Waals surface area contributed by atoms with Crippen molar-refractivity contribution >= 4 is 34.7 Å². The molecule has 1 N–H and O–H groups in total. The second kappa shape index (κ2) is 5.09. The standard InChI is InChI=1S/C11H9ClN2OS/c12-9-1-3-13-10(6-9)14-11(15)5-8-2-4-16-7-8/h1-4,6-7H,5H2,(H,13,14,15). The summed E-state index contributed by atoms with van der Waals surface area (Å²) in [6.45, 7) is 0. The van der Waals surface area contributed by atoms with Gasteiger partial charge in [0.25, 0.3) is 0 Å². The fourth-order valence-corrected chi connectivity index (χ4v) is 2.07. The van der Waals surface area contributed by atoms with E-state index in [0.717, 1.165) is 5.56 Å². The van der Waals surface area contributed by atoms with Gasteiger partial charge < -0.3 is 5.32 Å². The molecule has 0 spiro atoms. The average Bonchev–Trinajstić information content (AvgIpc) is 2.70. The minimum absolute atomic E-state index is 0.0897. The maximum atomic E-state index is 11.6. The fourth-order valence-electron chi connectivity index (χ4n) is 1.24. The van der Waals surface area contributed by atoms with Gasteiger partial charge in [0.2, 0.25) is 5.91 Å². The van der Waals surface area contributed by atoms with Gasteiger partial charge in [-0.3, -0.25) is 4.79 Å². The zero-order valence-electron chi connectivity index (χ0n) is 8.31. The van der Waals surface area contributed by atoms with Crippen molar-refractivity contribution in [2.75, 3.05) is 5.32 Å². The number of pyridine rings is 1. The van der Waals surface area contributed by atoms with Crippen LogP contribution in [0.4, 0.5) is 5.82 Å². The predicted octanol–water partition coefficient (Wildman–Crippen LogP) is 2.98. The maximum Gasteiger partial charge on any atom is 0.229 e. The van der Waals surface area contributed by atoms with Crippen molar-refractivity contribution in [2.24, 2.45) is 0 Å². The van der Waals surface area contributed by atoms with E-state index in [9.17, 15) is 4.79 Å². The van der Waals surface area contributed by atoms with Gasteiger partial charge in [-0.2, -0.15) is 11.3 Å². The third kappa shape index (κ3) is 3.05. The van der Waals surface area contributed by atoms with E-state index in [0.29, 0.717) is 17.3 Å². The highest BCUT2D eigenvalue weighted by atomic mass is 35.5. The Bertz CT molecular complexity index is 484. The summed E-state index contributed by atoms with van der Waals surface area (Å²) >= 11 is 7.35. The van der Waals surface area contributed by atoms with Gasteiger partial charge in [-0.1, -0.05) is 11.6 Å². The summed E-state index contributed by atoms with van der Waals surface area (Å²) < 4.78 is 0. The first kappa shape index (κ1) is 11.1. The molecule has 82 valence electrons. The van der Waals surface area contributed by atoms with Gasteiger partial charge in [0.05, 0.1) is 6.42 Å². The molecule has 2 aromatic rings. The molecule has 0 fully saturated rings. The molecule has 3 nitrogen and oxygen atoms in total. The van der Waals surface area contributed by atoms with E-state index >= 15 is 0 Å². The lowest BCUT2D eigenvalue weighted by molar-refractivity contribution is -0.115. The van der Waals surface area contributed by atoms with Crippen LogP contribution in [0.1, 0.15) is 5.56 Å². The molecule has 2 aromatic heterocycles. The lowest BCUT2D eigenvalue weighted by atomic mass is 10.2. The summed E-state index contributed by atoms with van der Waals surface area (Å²) in [6, 6.07) is 5.21. The van der Waals surface area contributed by atoms with Crippen molar-refractivity contribution < 1.29 is 4.79 Å². The Kier molecular flexibility index (Phi) is 3.54. The van der Waals surface area contributed by atoms with E-state index in [1.54, 1.807) is 29.7 Å². The summed E-state index contributed by atoms with van der Waals surface area (Å²) in [4.78, 5) is 15.6. The van der Waals surface area contributed by atoms with Crippen LogP contribution in [-0.2, 0) is 11.2 Å². The van der Waals surface area contributed by atoms with Gasteiger partial charge in [-0.15, -0.1) is 0 Å². The zero-order chi connectivity index (χ0) is 11.4. The topological polar surface area (TPSA) is 42.0 Å². The number of nitrogens with one attached hydrogen (secondary N) is 1. The smallest absolute Gasteiger partial charge is 0.229 e. The van der Waals surface area contributed by atoms with Crippen LogP contribution in [0, 0.1) is 0 Å². The highest BCUT2D eigenvalue weighted by molar-refractivity contribution is 7.08. The van der Waals surface area contributed by atoms with E-state index in [1.807, 2.05) is 16.8 Å². The van der Waals surface area contributed by atoms with Gasteiger partial charge in [-0.25, -0.2) is 4.98 Å². The zero-order valence-corrected chi connectivity index (χ0v) is 9.89. The molecule has 0 atom stereocenters. The minimum atomic E-state index is -0.0897. The molecule has 2 heterocycles. The Labute approximate surface area is 102 Å². The van der Waals surface area contributed by atoms with Gasteiger partial charge in [0.1, 0.15) is 5.82 Å². The molecule has 0 aliphatic rings. The van der Waals surface area contributed by atoms with Gasteiger partial charge >= 0.3 is 0 Å². The van der Waals surface area contributed by atoms with Gasteiger partial charge in [0, 0.05) is 11.2 Å². The number of aromatic nitrogens is 1. The highest BCUT2D eigenvalue weighted by Crippen LogP contribution is 2.12. The van der Waals surface area contributed by atoms with E-state index < -0.39 is 0 Å². The number of halogens is 1. The van der Waals surface area contributed by atoms with Crippen molar-refractivity contribution in [3.8, 4) is 0 Å². The van der Waals surface area contributed by atoms with Crippen molar-refractivity contribution in [2.45, 2.75) is 6.42 Å². The lowest BCUT2D eigenvalue weighted by Gasteiger charge is -2.03. The van der Waals surface area contributed by atoms with Crippen LogP contribution in [-0.4, -0.2) is 10.9 Å². The Morgan fingerprint density at radius 2 is 2.38 bits per heavy atom. The molecule has 0 unspecified atom stereocenters. The van der Waals surface area contributed by atoms with Crippen LogP contribution in [0.3, 0.4) is 0 Å². The van der Waals surface area contributed by atoms with Crippen molar-refractivity contribution in [1.29, 1.82) is 0 Å². The van der Waals surface area contributed by atoms with Crippen molar-refractivity contribution in [3.63, 3.8) is 0 Å². The highest BCUT2D eigenvalue weighted by Gasteiger charge is 2.05. The number of anilines is 1. The molecule has 0 saturated carbocycles. The molecule has 0 aromatic carbocycles. The minimum Gasteiger partial charge on any atom is -0.310 e. The maximum absolute atomic E-state index is 11.6. The Morgan fingerprint density at radius 3 is 3.06 bits per heavy atom. The number of carbonyl (C=O) groups excluding carboxylic acids is 1. The Balaban J connectivity index is 1.97. The lowest BCUT2D eigenvalue weighted by Crippen LogP contribution is -2.14. The second-order valence-electron chi connectivity index (χ2n) is 3.22. The van der Waals surface area contributed by atoms with Crippen LogP contribution in [0.2, 0.25) is 5.02 Å². The van der Waals surface area contributed by atoms with E-state index in [4.69, 9.17) is 11.6 Å². The first-order valence-electron chi connectivity index (χ1n) is 4.66. The molecular weight excluding hydrogens is 244 g/mol. The van der Waals surface area contributed by atoms with Crippen LogP contribution >= 0.6 is 22.9 Å². The number of rotatable bonds is 3. The summed E-state index contributed by atoms with van der Waals surface area (Å²) in [6.07, 6.45) is 1.92. The van der Waals surface area contributed by atoms with Crippen LogP contribution in [0.15, 0.2) is 35.2 Å². The fraction of sp³-hybridized carbons (Fsp3) is 0.0909. The third-order valence-electron chi connectivity index (χ3n) is 1.93. The number of hydrogen-bond acceptors (Lipinski definition) is 3. The summed E-state index contributed by atoms with van der Waals surface area (Å²) in [7, 11) is 0. The first-order chi connectivity index (χ1) is 7.74. The van der Waals surface area contributed by atoms with Crippen LogP contribution in [0.5, 0.6) is 0 Å². The molecule has 16 heavy (non-hydrogen) atoms. The number of amides is 1. The molecule has 0 aliphatic heterocycles. The molecule has 0 bridgehead atoms. The molecule has 0 aliphatic carbocycles. The molecule has 2 rings (SSSR count). The largest absolute Gasteiger partial charge is 0.310 e. The summed E-state index contributed by atoms with van der Waals surface area (Å²) in [5, 5.41) is 7.14. The Hall–Kier alpha value is -1.39. The van der Waals surface area contributed by atoms with Crippen molar-refractivity contribution in [3.05, 3.63) is 45.7 Å². The van der Waals surface area contributed by atoms with Gasteiger partial charge in [0.15, 0.2) is 0 Å². The van der Waals surface area contributed by atoms with Gasteiger partial charge in [-0.05, 0) is 34.5 Å². The third-order valence-corrected chi connectivity index (χ3v) is 2.90. The van der Waals surface area contributed by atoms with E-state index in [-0.39, 0.29) is 5.91 Å². The monoisotopic (exact) mass is 252 g/mol. The quantitative estimate of drug-likeness (QED) is 0.913. The summed E-state index contributed by atoms with van der Waals surface area (Å²) in [5.74, 6) is 0.390. The molecule has 0 radical (unpaired) electrons. The Morgan fingerprint density at radius 1 is 1.50 bits per heavy atom. The summed E-state index contributed by atoms with van der Waals surface area (Å²) in [5.41, 5.74) is 1.00. The van der Waals surface area contributed by atoms with E-state index in [1.165, 1.54) is 0 Å². The average molecular weight is 253 g/mol. The second-order valence-corrected chi connectivity index (χ2v) is 4.43. The number of thiophene rings is 1. The normalized spacial score (nSPS) is 10.1.